The van der Waals surface area contributed by atoms with E-state index in [4.69, 9.17) is 0 Å². The second-order valence-corrected chi connectivity index (χ2v) is 8.48. The molecule has 0 spiro atoms. The van der Waals surface area contributed by atoms with Crippen molar-refractivity contribution in [1.82, 2.24) is 0 Å². The monoisotopic (exact) mass is 436 g/mol. The molecule has 0 bridgehead atoms. The maximum absolute atomic E-state index is 14.2. The van der Waals surface area contributed by atoms with Gasteiger partial charge in [0.1, 0.15) is 0 Å². The predicted molar refractivity (Wildman–Crippen MR) is 109 cm³/mol. The van der Waals surface area contributed by atoms with Crippen LogP contribution < -0.4 is 4.74 Å². The minimum absolute atomic E-state index is 0.140. The van der Waals surface area contributed by atoms with Crippen molar-refractivity contribution >= 4 is 0 Å². The first-order valence-corrected chi connectivity index (χ1v) is 10.8. The SMILES string of the molecule is CC/C=C/C1CCc2c(ccc3c2CCC(c2cc(F)c(OC(F)(F)F)c(F)c2)C3)C1. The van der Waals surface area contributed by atoms with E-state index in [1.54, 1.807) is 0 Å². The highest BCUT2D eigenvalue weighted by Gasteiger charge is 2.35. The molecule has 0 aliphatic heterocycles. The van der Waals surface area contributed by atoms with Crippen LogP contribution in [-0.4, -0.2) is 6.36 Å². The molecule has 6 heteroatoms. The van der Waals surface area contributed by atoms with Crippen molar-refractivity contribution < 1.29 is 26.7 Å². The number of hydrogen-bond donors (Lipinski definition) is 0. The Hall–Kier alpha value is -2.37. The third kappa shape index (κ3) is 4.78. The summed E-state index contributed by atoms with van der Waals surface area (Å²) >= 11 is 0. The van der Waals surface area contributed by atoms with Gasteiger partial charge in [-0.25, -0.2) is 8.78 Å². The van der Waals surface area contributed by atoms with Crippen LogP contribution in [0, 0.1) is 17.6 Å². The van der Waals surface area contributed by atoms with Crippen molar-refractivity contribution in [3.63, 3.8) is 0 Å². The van der Waals surface area contributed by atoms with Crippen molar-refractivity contribution in [3.05, 3.63) is 75.9 Å². The molecular weight excluding hydrogens is 411 g/mol. The molecule has 2 aliphatic rings. The minimum atomic E-state index is -5.14. The van der Waals surface area contributed by atoms with Crippen LogP contribution in [0.15, 0.2) is 36.4 Å². The number of ether oxygens (including phenoxy) is 1. The highest BCUT2D eigenvalue weighted by Crippen LogP contribution is 2.40. The molecule has 2 aromatic rings. The number of benzene rings is 2. The molecule has 0 fully saturated rings. The summed E-state index contributed by atoms with van der Waals surface area (Å²) in [4.78, 5) is 0. The average Bonchev–Trinajstić information content (AvgIpc) is 2.73. The molecule has 0 aromatic heterocycles. The zero-order chi connectivity index (χ0) is 22.2. The lowest BCUT2D eigenvalue weighted by atomic mass is 9.74. The Morgan fingerprint density at radius 1 is 0.968 bits per heavy atom. The van der Waals surface area contributed by atoms with E-state index in [2.05, 4.69) is 35.9 Å². The van der Waals surface area contributed by atoms with Crippen LogP contribution in [0.25, 0.3) is 0 Å². The van der Waals surface area contributed by atoms with Gasteiger partial charge < -0.3 is 4.74 Å². The zero-order valence-electron chi connectivity index (χ0n) is 17.4. The fraction of sp³-hybridized carbons (Fsp3) is 0.440. The molecule has 2 aliphatic carbocycles. The molecule has 31 heavy (non-hydrogen) atoms. The lowest BCUT2D eigenvalue weighted by Crippen LogP contribution is -2.21. The fourth-order valence-corrected chi connectivity index (χ4v) is 5.00. The van der Waals surface area contributed by atoms with Gasteiger partial charge in [-0.3, -0.25) is 0 Å². The van der Waals surface area contributed by atoms with Gasteiger partial charge >= 0.3 is 6.36 Å². The van der Waals surface area contributed by atoms with Crippen LogP contribution in [0.2, 0.25) is 0 Å². The summed E-state index contributed by atoms with van der Waals surface area (Å²) in [5.74, 6) is -3.61. The molecule has 0 radical (unpaired) electrons. The normalized spacial score (nSPS) is 21.1. The van der Waals surface area contributed by atoms with Crippen molar-refractivity contribution in [1.29, 1.82) is 0 Å². The highest BCUT2D eigenvalue weighted by molar-refractivity contribution is 5.46. The van der Waals surface area contributed by atoms with E-state index in [1.165, 1.54) is 22.3 Å². The Labute approximate surface area is 178 Å². The van der Waals surface area contributed by atoms with Crippen molar-refractivity contribution in [3.8, 4) is 5.75 Å². The average molecular weight is 436 g/mol. The molecule has 0 saturated carbocycles. The molecule has 2 atom stereocenters. The summed E-state index contributed by atoms with van der Waals surface area (Å²) in [6.45, 7) is 2.13. The van der Waals surface area contributed by atoms with E-state index in [0.717, 1.165) is 44.2 Å². The van der Waals surface area contributed by atoms with Gasteiger partial charge in [-0.1, -0.05) is 31.2 Å². The van der Waals surface area contributed by atoms with Crippen LogP contribution >= 0.6 is 0 Å². The molecule has 0 amide bonds. The van der Waals surface area contributed by atoms with Gasteiger partial charge in [-0.15, -0.1) is 13.2 Å². The molecule has 0 saturated heterocycles. The number of hydrogen-bond acceptors (Lipinski definition) is 1. The third-order valence-electron chi connectivity index (χ3n) is 6.44. The Kier molecular flexibility index (Phi) is 6.09. The molecule has 4 rings (SSSR count). The highest BCUT2D eigenvalue weighted by atomic mass is 19.4. The van der Waals surface area contributed by atoms with E-state index >= 15 is 0 Å². The Morgan fingerprint density at radius 2 is 1.58 bits per heavy atom. The topological polar surface area (TPSA) is 9.23 Å². The van der Waals surface area contributed by atoms with Gasteiger partial charge in [-0.05, 0) is 96.7 Å². The van der Waals surface area contributed by atoms with Gasteiger partial charge in [0, 0.05) is 0 Å². The van der Waals surface area contributed by atoms with Gasteiger partial charge in [0.25, 0.3) is 0 Å². The van der Waals surface area contributed by atoms with Crippen LogP contribution in [0.1, 0.15) is 59.9 Å². The van der Waals surface area contributed by atoms with Crippen LogP contribution in [0.5, 0.6) is 5.75 Å². The van der Waals surface area contributed by atoms with E-state index < -0.39 is 23.7 Å². The number of halogens is 5. The van der Waals surface area contributed by atoms with Crippen molar-refractivity contribution in [2.75, 3.05) is 0 Å². The summed E-state index contributed by atoms with van der Waals surface area (Å²) in [6, 6.07) is 6.23. The lowest BCUT2D eigenvalue weighted by Gasteiger charge is -2.31. The largest absolute Gasteiger partial charge is 0.573 e. The summed E-state index contributed by atoms with van der Waals surface area (Å²) in [6.07, 6.45) is 5.78. The molecule has 166 valence electrons. The molecular formula is C25H25F5O. The first-order chi connectivity index (χ1) is 14.7. The number of alkyl halides is 3. The van der Waals surface area contributed by atoms with Crippen molar-refractivity contribution in [2.45, 2.75) is 64.1 Å². The summed E-state index contributed by atoms with van der Waals surface area (Å²) < 4.78 is 69.0. The van der Waals surface area contributed by atoms with Crippen molar-refractivity contribution in [2.24, 2.45) is 5.92 Å². The van der Waals surface area contributed by atoms with Gasteiger partial charge in [0.2, 0.25) is 5.75 Å². The number of fused-ring (bicyclic) bond motifs is 3. The maximum Gasteiger partial charge on any atom is 0.573 e. The standard InChI is InChI=1S/C25H25F5O/c1-2-3-4-15-5-9-20-17(11-15)6-7-18-12-16(8-10-21(18)20)19-13-22(26)24(23(27)14-19)31-25(28,29)30/h3-4,6-7,13-16H,2,5,8-12H2,1H3/b4-3+. The molecule has 2 aromatic carbocycles. The third-order valence-corrected chi connectivity index (χ3v) is 6.44. The summed E-state index contributed by atoms with van der Waals surface area (Å²) in [5.41, 5.74) is 5.71. The van der Waals surface area contributed by atoms with Crippen LogP contribution in [0.3, 0.4) is 0 Å². The second-order valence-electron chi connectivity index (χ2n) is 8.48. The lowest BCUT2D eigenvalue weighted by molar-refractivity contribution is -0.276. The van der Waals surface area contributed by atoms with E-state index in [1.807, 2.05) is 0 Å². The summed E-state index contributed by atoms with van der Waals surface area (Å²) in [5, 5.41) is 0. The Balaban J connectivity index is 1.55. The predicted octanol–water partition coefficient (Wildman–Crippen LogP) is 7.21. The van der Waals surface area contributed by atoms with Crippen LogP contribution in [0.4, 0.5) is 22.0 Å². The Morgan fingerprint density at radius 3 is 2.19 bits per heavy atom. The van der Waals surface area contributed by atoms with Gasteiger partial charge in [0.05, 0.1) is 0 Å². The molecule has 1 nitrogen and oxygen atoms in total. The first-order valence-electron chi connectivity index (χ1n) is 10.8. The minimum Gasteiger partial charge on any atom is -0.399 e. The van der Waals surface area contributed by atoms with E-state index in [9.17, 15) is 22.0 Å². The zero-order valence-corrected chi connectivity index (χ0v) is 17.4. The smallest absolute Gasteiger partial charge is 0.399 e. The fourth-order valence-electron chi connectivity index (χ4n) is 5.00. The van der Waals surface area contributed by atoms with Gasteiger partial charge in [-0.2, -0.15) is 0 Å². The number of rotatable bonds is 4. The molecule has 0 heterocycles. The van der Waals surface area contributed by atoms with Gasteiger partial charge in [0.15, 0.2) is 11.6 Å². The Bertz CT molecular complexity index is 969. The molecule has 2 unspecified atom stereocenters. The van der Waals surface area contributed by atoms with E-state index in [-0.39, 0.29) is 5.92 Å². The molecule has 0 N–H and O–H groups in total. The maximum atomic E-state index is 14.2. The second kappa shape index (κ2) is 8.64. The van der Waals surface area contributed by atoms with Crippen LogP contribution in [-0.2, 0) is 25.7 Å². The van der Waals surface area contributed by atoms with E-state index in [0.29, 0.717) is 24.3 Å². The summed E-state index contributed by atoms with van der Waals surface area (Å²) in [7, 11) is 0. The first kappa shape index (κ1) is 21.8. The number of allylic oxidation sites excluding steroid dienone is 2. The quantitative estimate of drug-likeness (QED) is 0.364.